The van der Waals surface area contributed by atoms with Gasteiger partial charge in [0.15, 0.2) is 0 Å². The maximum atomic E-state index is 11.3. The molecule has 0 aromatic carbocycles. The van der Waals surface area contributed by atoms with Crippen molar-refractivity contribution in [2.75, 3.05) is 0 Å². The van der Waals surface area contributed by atoms with Crippen molar-refractivity contribution in [1.82, 2.24) is 0 Å². The Hall–Kier alpha value is -0.660. The SMILES string of the molecule is CC(=O)CC(=O)CC1CCCCC1. The Morgan fingerprint density at radius 3 is 2.31 bits per heavy atom. The third-order valence-electron chi connectivity index (χ3n) is 2.69. The molecule has 1 saturated carbocycles. The fourth-order valence-corrected chi connectivity index (χ4v) is 2.06. The first-order valence-electron chi connectivity index (χ1n) is 5.19. The Labute approximate surface area is 79.7 Å². The van der Waals surface area contributed by atoms with Crippen LogP contribution in [0.4, 0.5) is 0 Å². The van der Waals surface area contributed by atoms with E-state index in [2.05, 4.69) is 0 Å². The molecule has 0 N–H and O–H groups in total. The molecule has 0 atom stereocenters. The number of rotatable bonds is 4. The number of hydrogen-bond donors (Lipinski definition) is 0. The lowest BCUT2D eigenvalue weighted by atomic mass is 9.85. The van der Waals surface area contributed by atoms with E-state index in [1.165, 1.54) is 39.0 Å². The molecule has 2 nitrogen and oxygen atoms in total. The highest BCUT2D eigenvalue weighted by Crippen LogP contribution is 2.26. The van der Waals surface area contributed by atoms with Crippen LogP contribution in [0.15, 0.2) is 0 Å². The zero-order chi connectivity index (χ0) is 9.68. The molecule has 74 valence electrons. The molecule has 1 rings (SSSR count). The minimum Gasteiger partial charge on any atom is -0.300 e. The molecule has 0 saturated heterocycles. The van der Waals surface area contributed by atoms with Crippen molar-refractivity contribution in [2.24, 2.45) is 5.92 Å². The number of carbonyl (C=O) groups excluding carboxylic acids is 2. The largest absolute Gasteiger partial charge is 0.300 e. The van der Waals surface area contributed by atoms with Gasteiger partial charge in [0.05, 0.1) is 6.42 Å². The maximum absolute atomic E-state index is 11.3. The number of hydrogen-bond acceptors (Lipinski definition) is 2. The Kier molecular flexibility index (Phi) is 4.13. The highest BCUT2D eigenvalue weighted by atomic mass is 16.1. The van der Waals surface area contributed by atoms with Crippen LogP contribution < -0.4 is 0 Å². The van der Waals surface area contributed by atoms with Crippen LogP contribution >= 0.6 is 0 Å². The summed E-state index contributed by atoms with van der Waals surface area (Å²) in [6, 6.07) is 0. The molecule has 0 unspecified atom stereocenters. The van der Waals surface area contributed by atoms with Gasteiger partial charge in [-0.05, 0) is 12.8 Å². The van der Waals surface area contributed by atoms with Gasteiger partial charge in [0, 0.05) is 6.42 Å². The van der Waals surface area contributed by atoms with Crippen molar-refractivity contribution >= 4 is 11.6 Å². The van der Waals surface area contributed by atoms with Crippen molar-refractivity contribution in [3.8, 4) is 0 Å². The van der Waals surface area contributed by atoms with Gasteiger partial charge in [-0.3, -0.25) is 9.59 Å². The molecule has 2 heteroatoms. The second kappa shape index (κ2) is 5.15. The fraction of sp³-hybridized carbons (Fsp3) is 0.818. The van der Waals surface area contributed by atoms with Gasteiger partial charge in [0.2, 0.25) is 0 Å². The van der Waals surface area contributed by atoms with Gasteiger partial charge < -0.3 is 0 Å². The molecule has 0 heterocycles. The molecule has 13 heavy (non-hydrogen) atoms. The van der Waals surface area contributed by atoms with E-state index in [9.17, 15) is 9.59 Å². The van der Waals surface area contributed by atoms with Crippen LogP contribution in [-0.2, 0) is 9.59 Å². The van der Waals surface area contributed by atoms with Gasteiger partial charge in [-0.15, -0.1) is 0 Å². The van der Waals surface area contributed by atoms with Crippen LogP contribution in [0, 0.1) is 5.92 Å². The van der Waals surface area contributed by atoms with Gasteiger partial charge >= 0.3 is 0 Å². The molecular formula is C11H18O2. The summed E-state index contributed by atoms with van der Waals surface area (Å²) < 4.78 is 0. The first-order chi connectivity index (χ1) is 6.18. The average Bonchev–Trinajstić information content (AvgIpc) is 2.04. The third kappa shape index (κ3) is 4.20. The van der Waals surface area contributed by atoms with Gasteiger partial charge in [0.25, 0.3) is 0 Å². The standard InChI is InChI=1S/C11H18O2/c1-9(12)7-11(13)8-10-5-3-2-4-6-10/h10H,2-8H2,1H3. The summed E-state index contributed by atoms with van der Waals surface area (Å²) in [7, 11) is 0. The van der Waals surface area contributed by atoms with Crippen molar-refractivity contribution in [3.63, 3.8) is 0 Å². The van der Waals surface area contributed by atoms with Gasteiger partial charge in [-0.2, -0.15) is 0 Å². The molecule has 0 bridgehead atoms. The van der Waals surface area contributed by atoms with E-state index in [-0.39, 0.29) is 18.0 Å². The van der Waals surface area contributed by atoms with Crippen molar-refractivity contribution in [2.45, 2.75) is 51.9 Å². The quantitative estimate of drug-likeness (QED) is 0.626. The average molecular weight is 182 g/mol. The second-order valence-corrected chi connectivity index (χ2v) is 4.13. The normalized spacial score (nSPS) is 18.5. The lowest BCUT2D eigenvalue weighted by molar-refractivity contribution is -0.126. The molecular weight excluding hydrogens is 164 g/mol. The van der Waals surface area contributed by atoms with Crippen LogP contribution in [0.1, 0.15) is 51.9 Å². The number of carbonyl (C=O) groups is 2. The third-order valence-corrected chi connectivity index (χ3v) is 2.69. The lowest BCUT2D eigenvalue weighted by Gasteiger charge is -2.20. The van der Waals surface area contributed by atoms with Crippen molar-refractivity contribution < 1.29 is 9.59 Å². The van der Waals surface area contributed by atoms with Gasteiger partial charge in [-0.1, -0.05) is 32.1 Å². The summed E-state index contributed by atoms with van der Waals surface area (Å²) >= 11 is 0. The highest BCUT2D eigenvalue weighted by molar-refractivity contribution is 5.97. The van der Waals surface area contributed by atoms with E-state index >= 15 is 0 Å². The first-order valence-corrected chi connectivity index (χ1v) is 5.19. The molecule has 0 aromatic heterocycles. The maximum Gasteiger partial charge on any atom is 0.140 e. The Balaban J connectivity index is 2.22. The molecule has 0 radical (unpaired) electrons. The summed E-state index contributed by atoms with van der Waals surface area (Å²) in [4.78, 5) is 22.0. The summed E-state index contributed by atoms with van der Waals surface area (Å²) in [5.74, 6) is 0.709. The van der Waals surface area contributed by atoms with Crippen molar-refractivity contribution in [1.29, 1.82) is 0 Å². The van der Waals surface area contributed by atoms with E-state index in [4.69, 9.17) is 0 Å². The summed E-state index contributed by atoms with van der Waals surface area (Å²) in [5, 5.41) is 0. The molecule has 0 aliphatic heterocycles. The van der Waals surface area contributed by atoms with Crippen LogP contribution in [0.3, 0.4) is 0 Å². The van der Waals surface area contributed by atoms with Gasteiger partial charge in [0.1, 0.15) is 11.6 Å². The lowest BCUT2D eigenvalue weighted by Crippen LogP contribution is -2.13. The smallest absolute Gasteiger partial charge is 0.140 e. The van der Waals surface area contributed by atoms with E-state index < -0.39 is 0 Å². The van der Waals surface area contributed by atoms with E-state index in [0.717, 1.165) is 0 Å². The summed E-state index contributed by atoms with van der Waals surface area (Å²) in [6.45, 7) is 1.48. The van der Waals surface area contributed by atoms with Gasteiger partial charge in [-0.25, -0.2) is 0 Å². The summed E-state index contributed by atoms with van der Waals surface area (Å²) in [5.41, 5.74) is 0. The van der Waals surface area contributed by atoms with E-state index in [0.29, 0.717) is 12.3 Å². The fourth-order valence-electron chi connectivity index (χ4n) is 2.06. The summed E-state index contributed by atoms with van der Waals surface area (Å²) in [6.07, 6.45) is 7.00. The minimum absolute atomic E-state index is 0.000749. The first kappa shape index (κ1) is 10.4. The van der Waals surface area contributed by atoms with Crippen molar-refractivity contribution in [3.05, 3.63) is 0 Å². The van der Waals surface area contributed by atoms with Crippen LogP contribution in [0.5, 0.6) is 0 Å². The van der Waals surface area contributed by atoms with E-state index in [1.54, 1.807) is 0 Å². The Morgan fingerprint density at radius 1 is 1.15 bits per heavy atom. The predicted molar refractivity (Wildman–Crippen MR) is 51.5 cm³/mol. The van der Waals surface area contributed by atoms with Crippen LogP contribution in [0.25, 0.3) is 0 Å². The highest BCUT2D eigenvalue weighted by Gasteiger charge is 2.17. The number of ketones is 2. The molecule has 1 aliphatic rings. The van der Waals surface area contributed by atoms with Crippen LogP contribution in [-0.4, -0.2) is 11.6 Å². The number of Topliss-reactive ketones (excluding diaryl/α,β-unsaturated/α-hetero) is 2. The molecule has 1 fully saturated rings. The van der Waals surface area contributed by atoms with Crippen LogP contribution in [0.2, 0.25) is 0 Å². The molecule has 1 aliphatic carbocycles. The second-order valence-electron chi connectivity index (χ2n) is 4.13. The van der Waals surface area contributed by atoms with E-state index in [1.807, 2.05) is 0 Å². The molecule has 0 aromatic rings. The Bertz CT molecular complexity index is 190. The molecule has 0 spiro atoms. The topological polar surface area (TPSA) is 34.1 Å². The molecule has 0 amide bonds. The Morgan fingerprint density at radius 2 is 1.77 bits per heavy atom. The monoisotopic (exact) mass is 182 g/mol. The zero-order valence-electron chi connectivity index (χ0n) is 8.34. The minimum atomic E-state index is 0.000749. The zero-order valence-corrected chi connectivity index (χ0v) is 8.34. The predicted octanol–water partition coefficient (Wildman–Crippen LogP) is 2.51.